The fraction of sp³-hybridized carbons (Fsp3) is 0.242. The van der Waals surface area contributed by atoms with Gasteiger partial charge >= 0.3 is 0 Å². The Morgan fingerprint density at radius 3 is 2.48 bits per heavy atom. The average molecular weight is 549 g/mol. The van der Waals surface area contributed by atoms with E-state index in [1.165, 1.54) is 17.3 Å². The average Bonchev–Trinajstić information content (AvgIpc) is 3.58. The molecule has 3 heterocycles. The summed E-state index contributed by atoms with van der Waals surface area (Å²) < 4.78 is 7.60. The van der Waals surface area contributed by atoms with Crippen molar-refractivity contribution in [1.29, 1.82) is 0 Å². The molecule has 0 radical (unpaired) electrons. The van der Waals surface area contributed by atoms with Gasteiger partial charge in [0.15, 0.2) is 5.17 Å². The van der Waals surface area contributed by atoms with Crippen molar-refractivity contribution in [3.8, 4) is 22.7 Å². The van der Waals surface area contributed by atoms with Crippen LogP contribution < -0.4 is 4.74 Å². The zero-order valence-electron chi connectivity index (χ0n) is 22.6. The zero-order valence-corrected chi connectivity index (χ0v) is 23.4. The molecule has 4 aromatic rings. The van der Waals surface area contributed by atoms with E-state index in [0.29, 0.717) is 17.4 Å². The largest absolute Gasteiger partial charge is 0.494 e. The first-order valence-electron chi connectivity index (χ1n) is 13.9. The summed E-state index contributed by atoms with van der Waals surface area (Å²) in [4.78, 5) is 20.4. The summed E-state index contributed by atoms with van der Waals surface area (Å²) >= 11 is 1.47. The van der Waals surface area contributed by atoms with Crippen molar-refractivity contribution in [1.82, 2.24) is 14.7 Å². The predicted octanol–water partition coefficient (Wildman–Crippen LogP) is 6.86. The molecule has 0 spiro atoms. The van der Waals surface area contributed by atoms with Crippen LogP contribution in [0.3, 0.4) is 0 Å². The lowest BCUT2D eigenvalue weighted by Gasteiger charge is -2.32. The zero-order chi connectivity index (χ0) is 27.3. The van der Waals surface area contributed by atoms with Crippen molar-refractivity contribution in [2.75, 3.05) is 19.7 Å². The first kappa shape index (κ1) is 26.1. The molecular weight excluding hydrogens is 516 g/mol. The molecule has 40 heavy (non-hydrogen) atoms. The summed E-state index contributed by atoms with van der Waals surface area (Å²) in [6.07, 6.45) is 7.22. The topological polar surface area (TPSA) is 59.7 Å². The number of amides is 1. The molecular formula is C33H32N4O2S. The van der Waals surface area contributed by atoms with Gasteiger partial charge in [0.05, 0.1) is 17.2 Å². The monoisotopic (exact) mass is 548 g/mol. The Morgan fingerprint density at radius 1 is 0.975 bits per heavy atom. The highest BCUT2D eigenvalue weighted by molar-refractivity contribution is 8.18. The minimum Gasteiger partial charge on any atom is -0.494 e. The lowest BCUT2D eigenvalue weighted by atomic mass is 9.90. The highest BCUT2D eigenvalue weighted by Gasteiger charge is 2.29. The van der Waals surface area contributed by atoms with E-state index in [4.69, 9.17) is 9.84 Å². The normalized spacial score (nSPS) is 16.9. The molecule has 2 aliphatic rings. The van der Waals surface area contributed by atoms with E-state index in [-0.39, 0.29) is 5.91 Å². The van der Waals surface area contributed by atoms with Gasteiger partial charge in [0.2, 0.25) is 0 Å². The quantitative estimate of drug-likeness (QED) is 0.236. The fourth-order valence-electron chi connectivity index (χ4n) is 5.28. The standard InChI is InChI=1S/C33H32N4O2S/c1-2-39-29-15-9-12-26(21-29)31-27(23-37(35-31)28-13-7-4-8-14-28)22-30-32(38)34-33(40-30)36-18-16-25(17-19-36)20-24-10-5-3-6-11-24/h3-15,21-23,25H,2,16-20H2,1H3/b30-22-. The highest BCUT2D eigenvalue weighted by Crippen LogP contribution is 2.35. The molecule has 6 rings (SSSR count). The van der Waals surface area contributed by atoms with Crippen LogP contribution in [0.4, 0.5) is 0 Å². The molecule has 0 atom stereocenters. The first-order chi connectivity index (χ1) is 19.7. The number of rotatable bonds is 7. The van der Waals surface area contributed by atoms with Crippen LogP contribution in [0.2, 0.25) is 0 Å². The second-order valence-corrected chi connectivity index (χ2v) is 11.1. The molecule has 0 unspecified atom stereocenters. The molecule has 202 valence electrons. The molecule has 2 aliphatic heterocycles. The number of para-hydroxylation sites is 1. The molecule has 6 nitrogen and oxygen atoms in total. The number of aliphatic imine (C=N–C) groups is 1. The van der Waals surface area contributed by atoms with Gasteiger partial charge in [-0.2, -0.15) is 10.1 Å². The van der Waals surface area contributed by atoms with E-state index in [9.17, 15) is 4.79 Å². The molecule has 7 heteroatoms. The highest BCUT2D eigenvalue weighted by atomic mass is 32.2. The summed E-state index contributed by atoms with van der Waals surface area (Å²) in [5, 5.41) is 5.73. The Balaban J connectivity index is 1.21. The molecule has 0 N–H and O–H groups in total. The first-order valence-corrected chi connectivity index (χ1v) is 14.7. The number of hydrogen-bond donors (Lipinski definition) is 0. The van der Waals surface area contributed by atoms with Gasteiger partial charge in [-0.3, -0.25) is 4.79 Å². The lowest BCUT2D eigenvalue weighted by molar-refractivity contribution is -0.113. The van der Waals surface area contributed by atoms with E-state index in [2.05, 4.69) is 40.2 Å². The molecule has 1 fully saturated rings. The number of ether oxygens (including phenoxy) is 1. The Bertz CT molecular complexity index is 1540. The second-order valence-electron chi connectivity index (χ2n) is 10.1. The Morgan fingerprint density at radius 2 is 1.73 bits per heavy atom. The maximum atomic E-state index is 13.1. The van der Waals surface area contributed by atoms with Crippen LogP contribution >= 0.6 is 11.8 Å². The van der Waals surface area contributed by atoms with Gasteiger partial charge in [-0.15, -0.1) is 0 Å². The van der Waals surface area contributed by atoms with Crippen molar-refractivity contribution in [2.45, 2.75) is 26.2 Å². The molecule has 0 saturated carbocycles. The van der Waals surface area contributed by atoms with Crippen molar-refractivity contribution in [2.24, 2.45) is 10.9 Å². The Labute approximate surface area is 239 Å². The molecule has 1 saturated heterocycles. The van der Waals surface area contributed by atoms with Crippen LogP contribution in [0.15, 0.2) is 101 Å². The van der Waals surface area contributed by atoms with Gasteiger partial charge in [0.25, 0.3) is 5.91 Å². The summed E-state index contributed by atoms with van der Waals surface area (Å²) in [5.74, 6) is 1.27. The van der Waals surface area contributed by atoms with Crippen LogP contribution in [0.1, 0.15) is 30.9 Å². The van der Waals surface area contributed by atoms with Gasteiger partial charge in [0.1, 0.15) is 11.4 Å². The van der Waals surface area contributed by atoms with Gasteiger partial charge in [-0.1, -0.05) is 60.7 Å². The van der Waals surface area contributed by atoms with Gasteiger partial charge in [-0.25, -0.2) is 4.68 Å². The Kier molecular flexibility index (Phi) is 7.82. The smallest absolute Gasteiger partial charge is 0.286 e. The molecule has 1 amide bonds. The van der Waals surface area contributed by atoms with E-state index < -0.39 is 0 Å². The van der Waals surface area contributed by atoms with Crippen molar-refractivity contribution in [3.05, 3.63) is 107 Å². The van der Waals surface area contributed by atoms with Crippen molar-refractivity contribution in [3.63, 3.8) is 0 Å². The number of thioether (sulfide) groups is 1. The van der Waals surface area contributed by atoms with E-state index in [0.717, 1.165) is 65.8 Å². The van der Waals surface area contributed by atoms with E-state index in [1.807, 2.05) is 78.5 Å². The lowest BCUT2D eigenvalue weighted by Crippen LogP contribution is -2.37. The van der Waals surface area contributed by atoms with Crippen LogP contribution in [-0.2, 0) is 11.2 Å². The molecule has 0 aliphatic carbocycles. The van der Waals surface area contributed by atoms with Crippen molar-refractivity contribution >= 4 is 28.9 Å². The summed E-state index contributed by atoms with van der Waals surface area (Å²) in [6, 6.07) is 28.6. The minimum absolute atomic E-state index is 0.187. The minimum atomic E-state index is -0.187. The number of carbonyl (C=O) groups excluding carboxylic acids is 1. The molecule has 0 bridgehead atoms. The summed E-state index contributed by atoms with van der Waals surface area (Å²) in [7, 11) is 0. The maximum absolute atomic E-state index is 13.1. The number of hydrogen-bond acceptors (Lipinski definition) is 5. The number of amidine groups is 1. The third kappa shape index (κ3) is 5.89. The number of piperidine rings is 1. The molecule has 1 aromatic heterocycles. The third-order valence-electron chi connectivity index (χ3n) is 7.33. The van der Waals surface area contributed by atoms with Crippen LogP contribution in [-0.4, -0.2) is 45.5 Å². The fourth-order valence-corrected chi connectivity index (χ4v) is 6.24. The van der Waals surface area contributed by atoms with Crippen LogP contribution in [0.5, 0.6) is 5.75 Å². The summed E-state index contributed by atoms with van der Waals surface area (Å²) in [6.45, 7) is 4.41. The second kappa shape index (κ2) is 12.0. The third-order valence-corrected chi connectivity index (χ3v) is 8.37. The number of carbonyl (C=O) groups is 1. The van der Waals surface area contributed by atoms with Crippen LogP contribution in [0, 0.1) is 5.92 Å². The number of nitrogens with zero attached hydrogens (tertiary/aromatic N) is 4. The SMILES string of the molecule is CCOc1cccc(-c2nn(-c3ccccc3)cc2/C=C2\SC(N3CCC(Cc4ccccc4)CC3)=NC2=O)c1. The van der Waals surface area contributed by atoms with Gasteiger partial charge in [0, 0.05) is 30.4 Å². The van der Waals surface area contributed by atoms with E-state index in [1.54, 1.807) is 0 Å². The van der Waals surface area contributed by atoms with E-state index >= 15 is 0 Å². The molecule has 3 aromatic carbocycles. The number of likely N-dealkylation sites (tertiary alicyclic amines) is 1. The number of benzene rings is 3. The Hall–Kier alpha value is -4.10. The van der Waals surface area contributed by atoms with Crippen molar-refractivity contribution < 1.29 is 9.53 Å². The predicted molar refractivity (Wildman–Crippen MR) is 163 cm³/mol. The maximum Gasteiger partial charge on any atom is 0.286 e. The van der Waals surface area contributed by atoms with Gasteiger partial charge < -0.3 is 9.64 Å². The van der Waals surface area contributed by atoms with Gasteiger partial charge in [-0.05, 0) is 79.8 Å². The van der Waals surface area contributed by atoms with Crippen LogP contribution in [0.25, 0.3) is 23.0 Å². The number of aromatic nitrogens is 2. The summed E-state index contributed by atoms with van der Waals surface area (Å²) in [5.41, 5.74) is 4.94.